The minimum atomic E-state index is -1.16. The van der Waals surface area contributed by atoms with E-state index in [0.717, 1.165) is 0 Å². The molecule has 6 nitrogen and oxygen atoms in total. The summed E-state index contributed by atoms with van der Waals surface area (Å²) in [4.78, 5) is 34.2. The minimum absolute atomic E-state index is 0.0239. The fraction of sp³-hybridized carbons (Fsp3) is 0.211. The summed E-state index contributed by atoms with van der Waals surface area (Å²) in [6.07, 6.45) is 0.0617. The molecule has 1 atom stereocenters. The Morgan fingerprint density at radius 1 is 1.00 bits per heavy atom. The van der Waals surface area contributed by atoms with Gasteiger partial charge in [-0.2, -0.15) is 0 Å². The molecule has 0 saturated heterocycles. The highest BCUT2D eigenvalue weighted by molar-refractivity contribution is 5.96. The van der Waals surface area contributed by atoms with E-state index in [4.69, 9.17) is 9.84 Å². The van der Waals surface area contributed by atoms with E-state index in [9.17, 15) is 14.4 Å². The number of carboxylic acid groups (broad SMARTS) is 1. The lowest BCUT2D eigenvalue weighted by atomic mass is 10.0. The van der Waals surface area contributed by atoms with Crippen LogP contribution in [0.4, 0.5) is 0 Å². The van der Waals surface area contributed by atoms with Gasteiger partial charge in [-0.15, -0.1) is 0 Å². The Balaban J connectivity index is 1.93. The molecule has 0 fully saturated rings. The Hall–Kier alpha value is -3.15. The lowest BCUT2D eigenvalue weighted by molar-refractivity contribution is -0.141. The molecule has 0 spiro atoms. The van der Waals surface area contributed by atoms with Crippen molar-refractivity contribution in [1.82, 2.24) is 5.32 Å². The van der Waals surface area contributed by atoms with Crippen LogP contribution in [0.25, 0.3) is 0 Å². The zero-order valence-electron chi connectivity index (χ0n) is 13.8. The molecule has 6 heteroatoms. The highest BCUT2D eigenvalue weighted by atomic mass is 16.5. The SMILES string of the molecule is CC(=O)NC(CCC(=O)c1ccc(Oc2ccccc2)cc1)C(=O)O. The molecule has 1 unspecified atom stereocenters. The molecule has 0 aliphatic heterocycles. The van der Waals surface area contributed by atoms with Crippen molar-refractivity contribution in [3.05, 3.63) is 60.2 Å². The van der Waals surface area contributed by atoms with Crippen LogP contribution in [0.5, 0.6) is 11.5 Å². The maximum absolute atomic E-state index is 12.2. The molecule has 0 aliphatic carbocycles. The largest absolute Gasteiger partial charge is 0.480 e. The molecule has 0 radical (unpaired) electrons. The van der Waals surface area contributed by atoms with Gasteiger partial charge in [0, 0.05) is 18.9 Å². The lowest BCUT2D eigenvalue weighted by Crippen LogP contribution is -2.39. The zero-order chi connectivity index (χ0) is 18.2. The second-order valence-corrected chi connectivity index (χ2v) is 5.49. The van der Waals surface area contributed by atoms with Gasteiger partial charge in [-0.25, -0.2) is 4.79 Å². The van der Waals surface area contributed by atoms with Gasteiger partial charge in [0.05, 0.1) is 0 Å². The summed E-state index contributed by atoms with van der Waals surface area (Å²) < 4.78 is 5.65. The number of carbonyl (C=O) groups excluding carboxylic acids is 2. The third-order valence-corrected chi connectivity index (χ3v) is 3.49. The number of hydrogen-bond donors (Lipinski definition) is 2. The van der Waals surface area contributed by atoms with E-state index in [2.05, 4.69) is 5.32 Å². The number of ether oxygens (including phenoxy) is 1. The van der Waals surface area contributed by atoms with Crippen LogP contribution in [0.15, 0.2) is 54.6 Å². The maximum Gasteiger partial charge on any atom is 0.326 e. The van der Waals surface area contributed by atoms with Crippen LogP contribution < -0.4 is 10.1 Å². The molecule has 2 aromatic carbocycles. The van der Waals surface area contributed by atoms with Gasteiger partial charge in [0.1, 0.15) is 17.5 Å². The van der Waals surface area contributed by atoms with Crippen LogP contribution in [-0.4, -0.2) is 28.8 Å². The number of carboxylic acids is 1. The fourth-order valence-corrected chi connectivity index (χ4v) is 2.26. The predicted molar refractivity (Wildman–Crippen MR) is 91.8 cm³/mol. The third kappa shape index (κ3) is 5.76. The fourth-order valence-electron chi connectivity index (χ4n) is 2.26. The van der Waals surface area contributed by atoms with E-state index in [-0.39, 0.29) is 18.6 Å². The summed E-state index contributed by atoms with van der Waals surface area (Å²) in [5.41, 5.74) is 0.465. The van der Waals surface area contributed by atoms with Crippen molar-refractivity contribution in [2.75, 3.05) is 0 Å². The summed E-state index contributed by atoms with van der Waals surface area (Å²) in [7, 11) is 0. The molecule has 0 bridgehead atoms. The van der Waals surface area contributed by atoms with Crippen LogP contribution in [-0.2, 0) is 9.59 Å². The van der Waals surface area contributed by atoms with Gasteiger partial charge in [-0.05, 0) is 42.8 Å². The highest BCUT2D eigenvalue weighted by Crippen LogP contribution is 2.21. The molecule has 1 amide bonds. The average Bonchev–Trinajstić information content (AvgIpc) is 2.59. The second kappa shape index (κ2) is 8.63. The second-order valence-electron chi connectivity index (χ2n) is 5.49. The van der Waals surface area contributed by atoms with E-state index in [1.54, 1.807) is 24.3 Å². The summed E-state index contributed by atoms with van der Waals surface area (Å²) in [6.45, 7) is 1.24. The Kier molecular flexibility index (Phi) is 6.28. The third-order valence-electron chi connectivity index (χ3n) is 3.49. The molecule has 2 rings (SSSR count). The van der Waals surface area contributed by atoms with Crippen LogP contribution in [0, 0.1) is 0 Å². The van der Waals surface area contributed by atoms with Crippen molar-refractivity contribution in [3.63, 3.8) is 0 Å². The van der Waals surface area contributed by atoms with Crippen LogP contribution in [0.1, 0.15) is 30.1 Å². The van der Waals surface area contributed by atoms with Crippen molar-refractivity contribution in [3.8, 4) is 11.5 Å². The summed E-state index contributed by atoms with van der Waals surface area (Å²) in [5.74, 6) is -0.495. The van der Waals surface area contributed by atoms with Crippen molar-refractivity contribution >= 4 is 17.7 Å². The molecule has 2 aromatic rings. The quantitative estimate of drug-likeness (QED) is 0.720. The number of hydrogen-bond acceptors (Lipinski definition) is 4. The molecule has 2 N–H and O–H groups in total. The Morgan fingerprint density at radius 2 is 1.60 bits per heavy atom. The average molecular weight is 341 g/mol. The van der Waals surface area contributed by atoms with E-state index < -0.39 is 17.9 Å². The molecule has 0 heterocycles. The molecular weight excluding hydrogens is 322 g/mol. The Morgan fingerprint density at radius 3 is 2.16 bits per heavy atom. The maximum atomic E-state index is 12.2. The topological polar surface area (TPSA) is 92.7 Å². The molecule has 0 aromatic heterocycles. The molecular formula is C19H19NO5. The van der Waals surface area contributed by atoms with Gasteiger partial charge in [0.25, 0.3) is 0 Å². The first kappa shape index (κ1) is 18.2. The van der Waals surface area contributed by atoms with Gasteiger partial charge in [0.15, 0.2) is 5.78 Å². The van der Waals surface area contributed by atoms with E-state index >= 15 is 0 Å². The molecule has 0 saturated carbocycles. The standard InChI is InChI=1S/C19H19NO5/c1-13(21)20-17(19(23)24)11-12-18(22)14-7-9-16(10-8-14)25-15-5-3-2-4-6-15/h2-10,17H,11-12H2,1H3,(H,20,21)(H,23,24). The summed E-state index contributed by atoms with van der Waals surface area (Å²) in [5, 5.41) is 11.4. The number of rotatable bonds is 8. The Bertz CT molecular complexity index is 740. The van der Waals surface area contributed by atoms with E-state index in [0.29, 0.717) is 17.1 Å². The molecule has 0 aliphatic rings. The smallest absolute Gasteiger partial charge is 0.326 e. The highest BCUT2D eigenvalue weighted by Gasteiger charge is 2.20. The monoisotopic (exact) mass is 341 g/mol. The Labute approximate surface area is 145 Å². The number of benzene rings is 2. The first-order valence-corrected chi connectivity index (χ1v) is 7.82. The first-order chi connectivity index (χ1) is 12.0. The van der Waals surface area contributed by atoms with Gasteiger partial charge >= 0.3 is 5.97 Å². The van der Waals surface area contributed by atoms with E-state index in [1.807, 2.05) is 30.3 Å². The first-order valence-electron chi connectivity index (χ1n) is 7.82. The van der Waals surface area contributed by atoms with Gasteiger partial charge in [-0.3, -0.25) is 9.59 Å². The number of amides is 1. The summed E-state index contributed by atoms with van der Waals surface area (Å²) in [6, 6.07) is 14.8. The number of aliphatic carboxylic acids is 1. The molecule has 25 heavy (non-hydrogen) atoms. The molecule has 130 valence electrons. The van der Waals surface area contributed by atoms with Crippen LogP contribution >= 0.6 is 0 Å². The van der Waals surface area contributed by atoms with Gasteiger partial charge < -0.3 is 15.2 Å². The normalized spacial score (nSPS) is 11.4. The van der Waals surface area contributed by atoms with Crippen molar-refractivity contribution < 1.29 is 24.2 Å². The van der Waals surface area contributed by atoms with Gasteiger partial charge in [0.2, 0.25) is 5.91 Å². The number of Topliss-reactive ketones (excluding diaryl/α,β-unsaturated/α-hetero) is 1. The van der Waals surface area contributed by atoms with Crippen molar-refractivity contribution in [2.45, 2.75) is 25.8 Å². The number of ketones is 1. The number of nitrogens with one attached hydrogen (secondary N) is 1. The van der Waals surface area contributed by atoms with Gasteiger partial charge in [-0.1, -0.05) is 18.2 Å². The number of carbonyl (C=O) groups is 3. The van der Waals surface area contributed by atoms with E-state index in [1.165, 1.54) is 6.92 Å². The minimum Gasteiger partial charge on any atom is -0.480 e. The van der Waals surface area contributed by atoms with Crippen molar-refractivity contribution in [2.24, 2.45) is 0 Å². The van der Waals surface area contributed by atoms with Crippen LogP contribution in [0.2, 0.25) is 0 Å². The number of para-hydroxylation sites is 1. The zero-order valence-corrected chi connectivity index (χ0v) is 13.8. The summed E-state index contributed by atoms with van der Waals surface area (Å²) >= 11 is 0. The predicted octanol–water partition coefficient (Wildman–Crippen LogP) is 3.03. The lowest BCUT2D eigenvalue weighted by Gasteiger charge is -2.12. The van der Waals surface area contributed by atoms with Crippen molar-refractivity contribution in [1.29, 1.82) is 0 Å². The van der Waals surface area contributed by atoms with Crippen LogP contribution in [0.3, 0.4) is 0 Å².